The number of esters is 1. The molecule has 0 saturated heterocycles. The van der Waals surface area contributed by atoms with Gasteiger partial charge in [-0.1, -0.05) is 45.7 Å². The topological polar surface area (TPSA) is 87.4 Å². The summed E-state index contributed by atoms with van der Waals surface area (Å²) < 4.78 is 4.73. The molecule has 0 fully saturated rings. The Morgan fingerprint density at radius 3 is 2.31 bits per heavy atom. The molecule has 0 aromatic heterocycles. The predicted octanol–water partition coefficient (Wildman–Crippen LogP) is 4.59. The van der Waals surface area contributed by atoms with E-state index in [9.17, 15) is 9.59 Å². The number of aryl methyl sites for hydroxylation is 1. The fraction of sp³-hybridized carbons (Fsp3) is 0.571. The smallest absolute Gasteiger partial charge is 0.308 e. The van der Waals surface area contributed by atoms with Crippen LogP contribution < -0.4 is 0 Å². The molecule has 0 heterocycles. The van der Waals surface area contributed by atoms with Gasteiger partial charge < -0.3 is 9.84 Å². The molecule has 1 aromatic rings. The Labute approximate surface area is 157 Å². The molecule has 2 atom stereocenters. The molecule has 0 amide bonds. The maximum Gasteiger partial charge on any atom is 0.308 e. The maximum absolute atomic E-state index is 11.6. The van der Waals surface area contributed by atoms with Crippen molar-refractivity contribution in [2.24, 2.45) is 11.8 Å². The molecule has 1 rings (SSSR count). The number of rotatable bonds is 11. The van der Waals surface area contributed by atoms with Gasteiger partial charge in [-0.3, -0.25) is 9.59 Å². The number of ether oxygens (including phenoxy) is 1. The van der Waals surface area contributed by atoms with Crippen LogP contribution in [0.3, 0.4) is 0 Å². The van der Waals surface area contributed by atoms with Gasteiger partial charge in [0, 0.05) is 6.42 Å². The Kier molecular flexibility index (Phi) is 11.8. The summed E-state index contributed by atoms with van der Waals surface area (Å²) in [6.07, 6.45) is 5.74. The predicted molar refractivity (Wildman–Crippen MR) is 102 cm³/mol. The lowest BCUT2D eigenvalue weighted by Crippen LogP contribution is -2.24. The van der Waals surface area contributed by atoms with Gasteiger partial charge in [0.15, 0.2) is 0 Å². The molecule has 144 valence electrons. The van der Waals surface area contributed by atoms with E-state index in [0.717, 1.165) is 38.5 Å². The number of carboxylic acid groups (broad SMARTS) is 1. The van der Waals surface area contributed by atoms with Crippen molar-refractivity contribution < 1.29 is 19.4 Å². The molecule has 5 nitrogen and oxygen atoms in total. The number of benzene rings is 1. The zero-order chi connectivity index (χ0) is 18.7. The fourth-order valence-electron chi connectivity index (χ4n) is 2.97. The van der Waals surface area contributed by atoms with Crippen molar-refractivity contribution >= 4 is 11.9 Å². The lowest BCUT2D eigenvalue weighted by molar-refractivity contribution is -0.148. The van der Waals surface area contributed by atoms with E-state index in [1.165, 1.54) is 12.7 Å². The van der Waals surface area contributed by atoms with Crippen LogP contribution in [0.1, 0.15) is 64.0 Å². The van der Waals surface area contributed by atoms with Gasteiger partial charge in [0.2, 0.25) is 0 Å². The van der Waals surface area contributed by atoms with Crippen molar-refractivity contribution in [3.05, 3.63) is 35.4 Å². The number of methoxy groups -OCH3 is 1. The van der Waals surface area contributed by atoms with E-state index in [1.54, 1.807) is 6.92 Å². The molecule has 1 N–H and O–H groups in total. The molecule has 0 aliphatic heterocycles. The van der Waals surface area contributed by atoms with Crippen molar-refractivity contribution in [2.75, 3.05) is 7.11 Å². The number of carbonyl (C=O) groups excluding carboxylic acids is 1. The second kappa shape index (κ2) is 12.9. The van der Waals surface area contributed by atoms with Crippen molar-refractivity contribution in [2.45, 2.75) is 59.3 Å². The highest BCUT2D eigenvalue weighted by Crippen LogP contribution is 2.24. The third-order valence-electron chi connectivity index (χ3n) is 4.59. The van der Waals surface area contributed by atoms with Crippen LogP contribution in [0.4, 0.5) is 0 Å². The second-order valence-corrected chi connectivity index (χ2v) is 6.43. The third kappa shape index (κ3) is 8.66. The van der Waals surface area contributed by atoms with E-state index in [2.05, 4.69) is 6.07 Å². The molecular weight excluding hydrogens is 330 g/mol. The first-order valence-corrected chi connectivity index (χ1v) is 8.76. The molecular formula is C21H31NO4. The van der Waals surface area contributed by atoms with Crippen LogP contribution in [-0.2, 0) is 20.7 Å². The van der Waals surface area contributed by atoms with E-state index in [1.807, 2.05) is 24.3 Å². The van der Waals surface area contributed by atoms with Gasteiger partial charge in [-0.25, -0.2) is 0 Å². The molecule has 2 unspecified atom stereocenters. The Morgan fingerprint density at radius 1 is 1.15 bits per heavy atom. The molecule has 0 aliphatic rings. The van der Waals surface area contributed by atoms with Crippen molar-refractivity contribution in [3.8, 4) is 6.07 Å². The quantitative estimate of drug-likeness (QED) is 0.460. The van der Waals surface area contributed by atoms with Crippen LogP contribution in [0.25, 0.3) is 0 Å². The van der Waals surface area contributed by atoms with Crippen molar-refractivity contribution in [1.29, 1.82) is 5.26 Å². The second-order valence-electron chi connectivity index (χ2n) is 6.43. The average Bonchev–Trinajstić information content (AvgIpc) is 2.62. The average molecular weight is 361 g/mol. The number of unbranched alkanes of at least 4 members (excludes halogenated alkanes) is 3. The molecule has 0 aliphatic carbocycles. The minimum absolute atomic E-state index is 0. The summed E-state index contributed by atoms with van der Waals surface area (Å²) in [5.41, 5.74) is 1.90. The number of carboxylic acids is 1. The number of hydrogen-bond donors (Lipinski definition) is 1. The van der Waals surface area contributed by atoms with Crippen LogP contribution in [0.15, 0.2) is 24.3 Å². The van der Waals surface area contributed by atoms with E-state index >= 15 is 0 Å². The molecule has 5 heteroatoms. The van der Waals surface area contributed by atoms with Crippen LogP contribution in [0.2, 0.25) is 0 Å². The fourth-order valence-corrected chi connectivity index (χ4v) is 2.97. The third-order valence-corrected chi connectivity index (χ3v) is 4.59. The minimum Gasteiger partial charge on any atom is -0.481 e. The first-order chi connectivity index (χ1) is 12.0. The number of nitrogens with zero attached hydrogens (tertiary/aromatic N) is 1. The summed E-state index contributed by atoms with van der Waals surface area (Å²) in [6, 6.07) is 9.75. The van der Waals surface area contributed by atoms with Gasteiger partial charge in [-0.05, 0) is 42.9 Å². The van der Waals surface area contributed by atoms with Crippen LogP contribution >= 0.6 is 0 Å². The van der Waals surface area contributed by atoms with E-state index in [-0.39, 0.29) is 31.7 Å². The van der Waals surface area contributed by atoms with Crippen LogP contribution in [0.5, 0.6) is 0 Å². The Bertz CT molecular complexity index is 589. The lowest BCUT2D eigenvalue weighted by Gasteiger charge is -2.20. The Morgan fingerprint density at radius 2 is 1.77 bits per heavy atom. The number of hydrogen-bond acceptors (Lipinski definition) is 4. The summed E-state index contributed by atoms with van der Waals surface area (Å²) >= 11 is 0. The van der Waals surface area contributed by atoms with Gasteiger partial charge in [0.1, 0.15) is 0 Å². The SMILES string of the molecule is C.COC(=O)C(C)C(CCCCCCc1ccc(C#N)cc1)CC(=O)O. The van der Waals surface area contributed by atoms with Crippen molar-refractivity contribution in [1.82, 2.24) is 0 Å². The first-order valence-electron chi connectivity index (χ1n) is 8.76. The van der Waals surface area contributed by atoms with Gasteiger partial charge in [-0.15, -0.1) is 0 Å². The summed E-state index contributed by atoms with van der Waals surface area (Å²) in [6.45, 7) is 1.74. The molecule has 26 heavy (non-hydrogen) atoms. The Hall–Kier alpha value is -2.35. The molecule has 0 radical (unpaired) electrons. The molecule has 0 bridgehead atoms. The standard InChI is InChI=1S/C20H27NO4.CH4/c1-15(20(24)25-2)18(13-19(22)23)8-6-4-3-5-7-16-9-11-17(14-21)12-10-16;/h9-12,15,18H,3-8,13H2,1-2H3,(H,22,23);1H4. The number of aliphatic carboxylic acids is 1. The van der Waals surface area contributed by atoms with E-state index < -0.39 is 5.97 Å². The van der Waals surface area contributed by atoms with Gasteiger partial charge in [-0.2, -0.15) is 5.26 Å². The van der Waals surface area contributed by atoms with E-state index in [4.69, 9.17) is 15.1 Å². The minimum atomic E-state index is -0.874. The van der Waals surface area contributed by atoms with Crippen LogP contribution in [0, 0.1) is 23.2 Å². The van der Waals surface area contributed by atoms with Gasteiger partial charge in [0.05, 0.1) is 24.7 Å². The van der Waals surface area contributed by atoms with Gasteiger partial charge >= 0.3 is 11.9 Å². The lowest BCUT2D eigenvalue weighted by atomic mass is 9.86. The summed E-state index contributed by atoms with van der Waals surface area (Å²) in [5, 5.41) is 17.8. The molecule has 1 aromatic carbocycles. The molecule has 0 spiro atoms. The van der Waals surface area contributed by atoms with E-state index in [0.29, 0.717) is 5.56 Å². The summed E-state index contributed by atoms with van der Waals surface area (Å²) in [4.78, 5) is 22.6. The van der Waals surface area contributed by atoms with Gasteiger partial charge in [0.25, 0.3) is 0 Å². The van der Waals surface area contributed by atoms with Crippen LogP contribution in [-0.4, -0.2) is 24.2 Å². The largest absolute Gasteiger partial charge is 0.481 e. The van der Waals surface area contributed by atoms with Crippen molar-refractivity contribution in [3.63, 3.8) is 0 Å². The summed E-state index contributed by atoms with van der Waals surface area (Å²) in [5.74, 6) is -1.78. The monoisotopic (exact) mass is 361 g/mol. The zero-order valence-electron chi connectivity index (χ0n) is 15.0. The maximum atomic E-state index is 11.6. The summed E-state index contributed by atoms with van der Waals surface area (Å²) in [7, 11) is 1.33. The normalized spacial score (nSPS) is 12.3. The number of carbonyl (C=O) groups is 2. The Balaban J connectivity index is 0.00000625. The highest BCUT2D eigenvalue weighted by atomic mass is 16.5. The molecule has 0 saturated carbocycles. The first kappa shape index (κ1) is 23.6. The highest BCUT2D eigenvalue weighted by Gasteiger charge is 2.26. The number of nitriles is 1. The zero-order valence-corrected chi connectivity index (χ0v) is 15.0. The highest BCUT2D eigenvalue weighted by molar-refractivity contribution is 5.74.